The molecule has 2 heterocycles. The van der Waals surface area contributed by atoms with Gasteiger partial charge in [0.05, 0.1) is 28.2 Å². The van der Waals surface area contributed by atoms with E-state index in [1.54, 1.807) is 23.1 Å². The summed E-state index contributed by atoms with van der Waals surface area (Å²) in [7, 11) is 0. The number of aromatic nitrogens is 2. The topological polar surface area (TPSA) is 84.3 Å². The number of carbonyl (C=O) groups excluding carboxylic acids is 3. The summed E-state index contributed by atoms with van der Waals surface area (Å²) in [6.45, 7) is 4.39. The van der Waals surface area contributed by atoms with Crippen molar-refractivity contribution in [1.29, 1.82) is 0 Å². The van der Waals surface area contributed by atoms with E-state index >= 15 is 0 Å². The minimum absolute atomic E-state index is 0.00506. The lowest BCUT2D eigenvalue weighted by atomic mass is 10.1. The van der Waals surface area contributed by atoms with Gasteiger partial charge in [-0.1, -0.05) is 12.1 Å². The summed E-state index contributed by atoms with van der Waals surface area (Å²) in [6.07, 6.45) is -1.55. The highest BCUT2D eigenvalue weighted by atomic mass is 19.4. The molecule has 3 aromatic rings. The first-order chi connectivity index (χ1) is 17.1. The molecule has 10 heteroatoms. The number of hydrogen-bond acceptors (Lipinski definition) is 4. The summed E-state index contributed by atoms with van der Waals surface area (Å²) >= 11 is 0. The van der Waals surface area contributed by atoms with Gasteiger partial charge in [-0.05, 0) is 69.5 Å². The predicted molar refractivity (Wildman–Crippen MR) is 127 cm³/mol. The number of piperidine rings is 1. The van der Waals surface area contributed by atoms with Crippen molar-refractivity contribution < 1.29 is 27.6 Å². The number of rotatable bonds is 5. The molecule has 1 aliphatic heterocycles. The number of carbonyl (C=O) groups is 3. The van der Waals surface area contributed by atoms with Crippen LogP contribution in [0.2, 0.25) is 0 Å². The number of likely N-dealkylation sites (tertiary alicyclic amines) is 1. The van der Waals surface area contributed by atoms with E-state index in [-0.39, 0.29) is 34.2 Å². The van der Waals surface area contributed by atoms with Gasteiger partial charge in [0.1, 0.15) is 0 Å². The van der Waals surface area contributed by atoms with Crippen molar-refractivity contribution in [2.45, 2.75) is 39.3 Å². The van der Waals surface area contributed by atoms with Crippen molar-refractivity contribution in [3.8, 4) is 5.69 Å². The minimum Gasteiger partial charge on any atom is -0.339 e. The molecular formula is C26H25F3N4O3. The highest BCUT2D eigenvalue weighted by Crippen LogP contribution is 2.31. The number of nitrogens with one attached hydrogen (secondary N) is 1. The molecule has 1 saturated heterocycles. The first kappa shape index (κ1) is 25.2. The van der Waals surface area contributed by atoms with E-state index in [0.29, 0.717) is 18.7 Å². The lowest BCUT2D eigenvalue weighted by Gasteiger charge is -2.26. The van der Waals surface area contributed by atoms with Gasteiger partial charge in [-0.15, -0.1) is 0 Å². The molecule has 0 bridgehead atoms. The van der Waals surface area contributed by atoms with Crippen molar-refractivity contribution in [3.05, 3.63) is 76.6 Å². The summed E-state index contributed by atoms with van der Waals surface area (Å²) in [6, 6.07) is 10.9. The maximum absolute atomic E-state index is 13.1. The zero-order chi connectivity index (χ0) is 26.0. The molecule has 4 rings (SSSR count). The Morgan fingerprint density at radius 3 is 2.33 bits per heavy atom. The third kappa shape index (κ3) is 5.17. The van der Waals surface area contributed by atoms with Crippen molar-refractivity contribution in [1.82, 2.24) is 14.7 Å². The fourth-order valence-corrected chi connectivity index (χ4v) is 4.35. The third-order valence-electron chi connectivity index (χ3n) is 6.15. The molecule has 36 heavy (non-hydrogen) atoms. The molecular weight excluding hydrogens is 473 g/mol. The summed E-state index contributed by atoms with van der Waals surface area (Å²) < 4.78 is 40.6. The lowest BCUT2D eigenvalue weighted by molar-refractivity contribution is -0.137. The second-order valence-electron chi connectivity index (χ2n) is 8.72. The van der Waals surface area contributed by atoms with Gasteiger partial charge < -0.3 is 10.2 Å². The number of halogens is 3. The SMILES string of the molecule is Cc1nn(-c2cccc(C(F)(F)F)c2)c(C)c1C(=O)C(=O)Nc1cccc(C(=O)N2CCCCC2)c1. The van der Waals surface area contributed by atoms with Gasteiger partial charge in [-0.2, -0.15) is 18.3 Å². The molecule has 188 valence electrons. The Balaban J connectivity index is 1.54. The third-order valence-corrected chi connectivity index (χ3v) is 6.15. The Bertz CT molecular complexity index is 1320. The standard InChI is InChI=1S/C26H25F3N4O3/c1-16-22(17(2)33(31-16)21-11-7-9-19(15-21)26(27,28)29)23(34)24(35)30-20-10-6-8-18(14-20)25(36)32-12-4-3-5-13-32/h6-11,14-15H,3-5,12-13H2,1-2H3,(H,30,35). The van der Waals surface area contributed by atoms with Gasteiger partial charge in [0.15, 0.2) is 0 Å². The molecule has 1 N–H and O–H groups in total. The second kappa shape index (κ2) is 9.96. The van der Waals surface area contributed by atoms with E-state index in [1.807, 2.05) is 0 Å². The molecule has 1 aliphatic rings. The van der Waals surface area contributed by atoms with Crippen LogP contribution < -0.4 is 5.32 Å². The molecule has 0 unspecified atom stereocenters. The van der Waals surface area contributed by atoms with Crippen molar-refractivity contribution in [2.75, 3.05) is 18.4 Å². The zero-order valence-electron chi connectivity index (χ0n) is 19.9. The number of benzene rings is 2. The van der Waals surface area contributed by atoms with E-state index < -0.39 is 23.4 Å². The van der Waals surface area contributed by atoms with E-state index in [1.165, 1.54) is 36.7 Å². The van der Waals surface area contributed by atoms with Gasteiger partial charge in [0.2, 0.25) is 0 Å². The first-order valence-electron chi connectivity index (χ1n) is 11.5. The van der Waals surface area contributed by atoms with Crippen LogP contribution in [0.4, 0.5) is 18.9 Å². The van der Waals surface area contributed by atoms with Crippen LogP contribution in [0.1, 0.15) is 56.9 Å². The molecule has 1 fully saturated rings. The molecule has 7 nitrogen and oxygen atoms in total. The average molecular weight is 499 g/mol. The van der Waals surface area contributed by atoms with E-state index in [9.17, 15) is 27.6 Å². The number of alkyl halides is 3. The highest BCUT2D eigenvalue weighted by molar-refractivity contribution is 6.47. The maximum atomic E-state index is 13.1. The van der Waals surface area contributed by atoms with Crippen LogP contribution in [0.15, 0.2) is 48.5 Å². The second-order valence-corrected chi connectivity index (χ2v) is 8.72. The van der Waals surface area contributed by atoms with Crippen molar-refractivity contribution in [2.24, 2.45) is 0 Å². The van der Waals surface area contributed by atoms with Crippen LogP contribution in [-0.4, -0.2) is 45.4 Å². The summed E-state index contributed by atoms with van der Waals surface area (Å²) in [5, 5.41) is 6.73. The molecule has 0 radical (unpaired) electrons. The lowest BCUT2D eigenvalue weighted by Crippen LogP contribution is -2.35. The van der Waals surface area contributed by atoms with Gasteiger partial charge in [0.25, 0.3) is 17.6 Å². The number of aryl methyl sites for hydroxylation is 1. The van der Waals surface area contributed by atoms with Crippen LogP contribution in [0.25, 0.3) is 5.69 Å². The van der Waals surface area contributed by atoms with E-state index in [4.69, 9.17) is 0 Å². The van der Waals surface area contributed by atoms with E-state index in [0.717, 1.165) is 31.4 Å². The largest absolute Gasteiger partial charge is 0.416 e. The molecule has 0 aliphatic carbocycles. The summed E-state index contributed by atoms with van der Waals surface area (Å²) in [5.74, 6) is -1.95. The zero-order valence-corrected chi connectivity index (χ0v) is 19.9. The predicted octanol–water partition coefficient (Wildman–Crippen LogP) is 4.96. The Kier molecular flexibility index (Phi) is 6.96. The summed E-state index contributed by atoms with van der Waals surface area (Å²) in [4.78, 5) is 40.3. The molecule has 1 aromatic heterocycles. The number of Topliss-reactive ketones (excluding diaryl/α,β-unsaturated/α-hetero) is 1. The van der Waals surface area contributed by atoms with Crippen molar-refractivity contribution >= 4 is 23.3 Å². The molecule has 2 amide bonds. The fourth-order valence-electron chi connectivity index (χ4n) is 4.35. The number of anilines is 1. The average Bonchev–Trinajstić information content (AvgIpc) is 3.17. The molecule has 0 atom stereocenters. The maximum Gasteiger partial charge on any atom is 0.416 e. The van der Waals surface area contributed by atoms with Crippen molar-refractivity contribution in [3.63, 3.8) is 0 Å². The highest BCUT2D eigenvalue weighted by Gasteiger charge is 2.31. The summed E-state index contributed by atoms with van der Waals surface area (Å²) in [5.41, 5.74) is 0.417. The monoisotopic (exact) mass is 498 g/mol. The van der Waals surface area contributed by atoms with Gasteiger partial charge in [-0.3, -0.25) is 14.4 Å². The van der Waals surface area contributed by atoms with Crippen LogP contribution in [0.3, 0.4) is 0 Å². The van der Waals surface area contributed by atoms with Crippen LogP contribution >= 0.6 is 0 Å². The Morgan fingerprint density at radius 2 is 1.64 bits per heavy atom. The number of amides is 2. The first-order valence-corrected chi connectivity index (χ1v) is 11.5. The normalized spacial score (nSPS) is 14.0. The molecule has 0 saturated carbocycles. The van der Waals surface area contributed by atoms with Gasteiger partial charge in [0, 0.05) is 24.3 Å². The number of hydrogen-bond donors (Lipinski definition) is 1. The smallest absolute Gasteiger partial charge is 0.339 e. The Hall–Kier alpha value is -3.95. The van der Waals surface area contributed by atoms with Gasteiger partial charge in [-0.25, -0.2) is 4.68 Å². The van der Waals surface area contributed by atoms with Crippen LogP contribution in [0, 0.1) is 13.8 Å². The fraction of sp³-hybridized carbons (Fsp3) is 0.308. The number of ketones is 1. The quantitative estimate of drug-likeness (QED) is 0.398. The van der Waals surface area contributed by atoms with E-state index in [2.05, 4.69) is 10.4 Å². The van der Waals surface area contributed by atoms with Gasteiger partial charge >= 0.3 is 6.18 Å². The molecule has 0 spiro atoms. The molecule has 2 aromatic carbocycles. The Morgan fingerprint density at radius 1 is 0.944 bits per heavy atom. The van der Waals surface area contributed by atoms with Crippen LogP contribution in [0.5, 0.6) is 0 Å². The number of nitrogens with zero attached hydrogens (tertiary/aromatic N) is 3. The Labute approximate surface area is 205 Å². The van der Waals surface area contributed by atoms with Crippen LogP contribution in [-0.2, 0) is 11.0 Å². The minimum atomic E-state index is -4.53.